The molecule has 5 atom stereocenters. The quantitative estimate of drug-likeness (QED) is 0.0942. The highest BCUT2D eigenvalue weighted by Crippen LogP contribution is 2.53. The smallest absolute Gasteiger partial charge is 0.259 e. The number of carbonyl (C=O) groups excluding carboxylic acids is 4. The van der Waals surface area contributed by atoms with E-state index >= 15 is 0 Å². The highest BCUT2D eigenvalue weighted by molar-refractivity contribution is 6.35. The van der Waals surface area contributed by atoms with E-state index in [2.05, 4.69) is 56.0 Å². The Morgan fingerprint density at radius 3 is 0.871 bits per heavy atom. The molecular weight excluding hydrogens is 1860 g/mol. The Morgan fingerprint density at radius 1 is 0.318 bits per heavy atom. The standard InChI is InChI=1S/C28H28Cl2N2O2.C27H25Cl3N2O.C27H27Cl3N2O.C26H26Cl2N2O2/c1-19-3-12-25(24(30)17-19)32-16-15-31(18-26(32)20-4-8-22(29)9-5-20)27(33)28(13-14-28)21-6-10-23(34-2)11-7-21;1-18-2-11-24(23(30)16-18)32-15-14-31(17-25(32)19-3-7-21(28)8-4-19)26(33)27(12-13-27)20-5-9-22(29)10-6-20;1-18-4-13-24(23(30)16-18)32-15-14-31(17-25(32)19-5-9-21(28)10-6-19)26(33)27(2,3)20-7-11-22(29)12-8-20;1-18-8-13-23(22(28)16-18)30-15-14-29(17-24(30)19-9-11-21(27)12-10-19)25(31)26(2,32)20-6-4-3-5-7-20/h3-12,17,26H,13-16,18H2,1-2H3;2-11,16,25H,12-15,17H2,1H3;4-13,16,25H,14-15,17H2,1-3H3;3-13,16,24,32H,14-15,17H2,1-2H3/t;;;24?,26-/m...1/s1. The van der Waals surface area contributed by atoms with Crippen LogP contribution >= 0.6 is 116 Å². The van der Waals surface area contributed by atoms with E-state index in [-0.39, 0.29) is 47.8 Å². The van der Waals surface area contributed by atoms with Crippen LogP contribution in [0.2, 0.25) is 50.2 Å². The molecule has 2 aliphatic carbocycles. The van der Waals surface area contributed by atoms with Gasteiger partial charge < -0.3 is 49.0 Å². The lowest BCUT2D eigenvalue weighted by atomic mass is 9.82. The van der Waals surface area contributed by atoms with Gasteiger partial charge in [-0.3, -0.25) is 19.2 Å². The third-order valence-corrected chi connectivity index (χ3v) is 29.3. The lowest BCUT2D eigenvalue weighted by Gasteiger charge is -2.45. The fourth-order valence-electron chi connectivity index (χ4n) is 18.6. The lowest BCUT2D eigenvalue weighted by Crippen LogP contribution is -2.55. The largest absolute Gasteiger partial charge is 0.497 e. The number of halogens is 10. The number of hydrogen-bond donors (Lipinski definition) is 1. The molecule has 0 spiro atoms. The first-order valence-electron chi connectivity index (χ1n) is 44.5. The van der Waals surface area contributed by atoms with Crippen molar-refractivity contribution in [2.24, 2.45) is 0 Å². The third kappa shape index (κ3) is 21.8. The summed E-state index contributed by atoms with van der Waals surface area (Å²) in [7, 11) is 1.66. The second-order valence-corrected chi connectivity index (χ2v) is 40.1. The molecule has 132 heavy (non-hydrogen) atoms. The van der Waals surface area contributed by atoms with Gasteiger partial charge in [0.2, 0.25) is 17.7 Å². The number of hydrogen-bond acceptors (Lipinski definition) is 10. The van der Waals surface area contributed by atoms with Crippen molar-refractivity contribution in [1.29, 1.82) is 0 Å². The molecule has 4 aliphatic heterocycles. The summed E-state index contributed by atoms with van der Waals surface area (Å²) in [5, 5.41) is 18.1. The van der Waals surface area contributed by atoms with Crippen LogP contribution in [-0.2, 0) is 41.0 Å². The van der Waals surface area contributed by atoms with Crippen LogP contribution in [0.1, 0.15) is 137 Å². The van der Waals surface area contributed by atoms with Crippen LogP contribution in [0, 0.1) is 27.7 Å². The number of carbonyl (C=O) groups is 4. The molecule has 12 aromatic carbocycles. The Bertz CT molecular complexity index is 5920. The van der Waals surface area contributed by atoms with Gasteiger partial charge in [0, 0.05) is 109 Å². The molecule has 0 aromatic heterocycles. The molecule has 4 amide bonds. The Labute approximate surface area is 825 Å². The number of piperazine rings is 4. The summed E-state index contributed by atoms with van der Waals surface area (Å²) in [5.41, 5.74) is 13.3. The third-order valence-electron chi connectivity index (χ3n) is 26.6. The topological polar surface area (TPSA) is 124 Å². The minimum Gasteiger partial charge on any atom is -0.497 e. The van der Waals surface area contributed by atoms with Gasteiger partial charge in [0.25, 0.3) is 5.91 Å². The van der Waals surface area contributed by atoms with Crippen molar-refractivity contribution in [3.63, 3.8) is 0 Å². The number of aryl methyl sites for hydroxylation is 4. The molecule has 1 N–H and O–H groups in total. The number of amides is 4. The molecule has 684 valence electrons. The van der Waals surface area contributed by atoms with Gasteiger partial charge in [-0.05, 0) is 274 Å². The number of rotatable bonds is 17. The molecule has 6 aliphatic rings. The van der Waals surface area contributed by atoms with Crippen molar-refractivity contribution in [3.05, 3.63) is 390 Å². The number of ether oxygens (including phenoxy) is 1. The van der Waals surface area contributed by atoms with Crippen LogP contribution in [0.5, 0.6) is 5.75 Å². The maximum Gasteiger partial charge on any atom is 0.259 e. The van der Waals surface area contributed by atoms with Gasteiger partial charge in [-0.1, -0.05) is 256 Å². The molecule has 4 heterocycles. The number of anilines is 4. The van der Waals surface area contributed by atoms with Crippen LogP contribution in [0.4, 0.5) is 22.7 Å². The van der Waals surface area contributed by atoms with Crippen LogP contribution in [0.3, 0.4) is 0 Å². The monoisotopic (exact) mass is 1960 g/mol. The first-order chi connectivity index (χ1) is 63.2. The van der Waals surface area contributed by atoms with Crippen LogP contribution in [-0.4, -0.2) is 134 Å². The summed E-state index contributed by atoms with van der Waals surface area (Å²) in [6.45, 7) is 20.9. The van der Waals surface area contributed by atoms with Gasteiger partial charge in [0.15, 0.2) is 5.60 Å². The number of nitrogens with zero attached hydrogens (tertiary/aromatic N) is 8. The predicted molar refractivity (Wildman–Crippen MR) is 544 cm³/mol. The summed E-state index contributed by atoms with van der Waals surface area (Å²) in [6, 6.07) is 87.8. The van der Waals surface area contributed by atoms with Crippen LogP contribution < -0.4 is 24.3 Å². The second-order valence-electron chi connectivity index (χ2n) is 35.8. The molecule has 12 aromatic rings. The highest BCUT2D eigenvalue weighted by Gasteiger charge is 2.56. The van der Waals surface area contributed by atoms with Gasteiger partial charge in [-0.15, -0.1) is 0 Å². The van der Waals surface area contributed by atoms with Crippen molar-refractivity contribution in [1.82, 2.24) is 19.6 Å². The zero-order valence-corrected chi connectivity index (χ0v) is 82.5. The van der Waals surface area contributed by atoms with E-state index in [4.69, 9.17) is 121 Å². The first kappa shape index (κ1) is 96.9. The van der Waals surface area contributed by atoms with E-state index in [1.165, 1.54) is 0 Å². The van der Waals surface area contributed by atoms with E-state index in [1.807, 2.05) is 281 Å². The number of methoxy groups -OCH3 is 1. The average molecular weight is 1970 g/mol. The molecule has 24 heteroatoms. The summed E-state index contributed by atoms with van der Waals surface area (Å²) in [4.78, 5) is 71.7. The normalized spacial score (nSPS) is 18.4. The molecular formula is C108H106Cl10N8O6. The Hall–Kier alpha value is -9.62. The first-order valence-corrected chi connectivity index (χ1v) is 48.3. The lowest BCUT2D eigenvalue weighted by molar-refractivity contribution is -0.151. The summed E-state index contributed by atoms with van der Waals surface area (Å²) in [6.07, 6.45) is 3.52. The van der Waals surface area contributed by atoms with Crippen LogP contribution in [0.25, 0.3) is 0 Å². The zero-order valence-electron chi connectivity index (χ0n) is 74.9. The SMILES string of the molecule is COc1ccc(C2(C(=O)N3CCN(c4ccc(C)cc4Cl)C(c4ccc(Cl)cc4)C3)CC2)cc1.Cc1ccc(N2CCN(C(=O)C(C)(C)c3ccc(Cl)cc3)CC2c2ccc(Cl)cc2)c(Cl)c1.Cc1ccc(N2CCN(C(=O)C3(c4ccc(Cl)cc4)CC3)CC2c2ccc(Cl)cc2)c(Cl)c1.Cc1ccc(N2CCN(C(=O)[C@](C)(O)c3ccccc3)CC2c2ccc(Cl)cc2)c(Cl)c1. The maximum absolute atomic E-state index is 13.9. The molecule has 18 rings (SSSR count). The molecule has 4 unspecified atom stereocenters. The Kier molecular flexibility index (Phi) is 30.6. The minimum absolute atomic E-state index is 0.0122. The highest BCUT2D eigenvalue weighted by atomic mass is 35.5. The zero-order chi connectivity index (χ0) is 93.7. The number of benzene rings is 12. The molecule has 14 nitrogen and oxygen atoms in total. The van der Waals surface area contributed by atoms with Gasteiger partial charge >= 0.3 is 0 Å². The fraction of sp³-hybridized carbons (Fsp3) is 0.296. The minimum atomic E-state index is -1.60. The van der Waals surface area contributed by atoms with Crippen molar-refractivity contribution >= 4 is 162 Å². The maximum atomic E-state index is 13.9. The number of aliphatic hydroxyl groups is 1. The summed E-state index contributed by atoms with van der Waals surface area (Å²) in [5.74, 6) is 1.01. The molecule has 0 radical (unpaired) electrons. The fourth-order valence-corrected chi connectivity index (χ4v) is 20.8. The van der Waals surface area contributed by atoms with Gasteiger partial charge in [0.1, 0.15) is 5.75 Å². The molecule has 4 saturated heterocycles. The average Bonchev–Trinajstić information content (AvgIpc) is 1.59. The predicted octanol–water partition coefficient (Wildman–Crippen LogP) is 26.4. The van der Waals surface area contributed by atoms with Crippen molar-refractivity contribution < 1.29 is 29.0 Å². The molecule has 0 bridgehead atoms. The molecule has 6 fully saturated rings. The molecule has 2 saturated carbocycles. The summed E-state index contributed by atoms with van der Waals surface area (Å²) < 4.78 is 5.30. The van der Waals surface area contributed by atoms with E-state index in [0.717, 1.165) is 130 Å². The Morgan fingerprint density at radius 2 is 0.583 bits per heavy atom. The Balaban J connectivity index is 0.000000135. The second kappa shape index (κ2) is 41.7. The van der Waals surface area contributed by atoms with E-state index in [0.29, 0.717) is 119 Å². The van der Waals surface area contributed by atoms with Crippen molar-refractivity contribution in [3.8, 4) is 5.75 Å². The summed E-state index contributed by atoms with van der Waals surface area (Å²) >= 11 is 63.4. The van der Waals surface area contributed by atoms with E-state index in [1.54, 1.807) is 31.1 Å². The van der Waals surface area contributed by atoms with Crippen molar-refractivity contribution in [2.75, 3.05) is 105 Å². The van der Waals surface area contributed by atoms with Crippen LogP contribution in [0.15, 0.2) is 273 Å². The van der Waals surface area contributed by atoms with Gasteiger partial charge in [0.05, 0.1) is 90.4 Å². The van der Waals surface area contributed by atoms with Crippen molar-refractivity contribution in [2.45, 2.75) is 120 Å². The van der Waals surface area contributed by atoms with Gasteiger partial charge in [-0.2, -0.15) is 0 Å². The van der Waals surface area contributed by atoms with E-state index < -0.39 is 21.8 Å². The van der Waals surface area contributed by atoms with E-state index in [9.17, 15) is 24.3 Å². The van der Waals surface area contributed by atoms with Gasteiger partial charge in [-0.25, -0.2) is 0 Å².